The van der Waals surface area contributed by atoms with Crippen LogP contribution in [0.2, 0.25) is 0 Å². The van der Waals surface area contributed by atoms with Crippen molar-refractivity contribution < 1.29 is 28.2 Å². The van der Waals surface area contributed by atoms with Crippen molar-refractivity contribution in [1.29, 1.82) is 0 Å². The number of benzene rings is 3. The second kappa shape index (κ2) is 9.66. The number of fused-ring (bicyclic) bond motifs is 2. The van der Waals surface area contributed by atoms with Crippen LogP contribution in [0.25, 0.3) is 0 Å². The highest BCUT2D eigenvalue weighted by atomic mass is 19.1. The van der Waals surface area contributed by atoms with Crippen LogP contribution in [0.3, 0.4) is 0 Å². The summed E-state index contributed by atoms with van der Waals surface area (Å²) in [5, 5.41) is 2.88. The summed E-state index contributed by atoms with van der Waals surface area (Å²) >= 11 is 0. The minimum atomic E-state index is -0.593. The zero-order valence-corrected chi connectivity index (χ0v) is 19.3. The molecule has 2 aliphatic heterocycles. The molecule has 8 heteroatoms. The second-order valence-electron chi connectivity index (χ2n) is 8.57. The quantitative estimate of drug-likeness (QED) is 0.570. The van der Waals surface area contributed by atoms with E-state index >= 15 is 0 Å². The Morgan fingerprint density at radius 3 is 2.54 bits per heavy atom. The molecule has 180 valence electrons. The van der Waals surface area contributed by atoms with Gasteiger partial charge in [0.15, 0.2) is 17.6 Å². The summed E-state index contributed by atoms with van der Waals surface area (Å²) < 4.78 is 30.0. The summed E-state index contributed by atoms with van der Waals surface area (Å²) in [4.78, 5) is 27.5. The van der Waals surface area contributed by atoms with Crippen molar-refractivity contribution in [3.63, 3.8) is 0 Å². The number of hydrogen-bond donors (Lipinski definition) is 1. The molecular weight excluding hydrogens is 451 g/mol. The predicted octanol–water partition coefficient (Wildman–Crippen LogP) is 4.44. The lowest BCUT2D eigenvalue weighted by atomic mass is 10.1. The van der Waals surface area contributed by atoms with Gasteiger partial charge in [-0.15, -0.1) is 0 Å². The van der Waals surface area contributed by atoms with Crippen LogP contribution in [0.4, 0.5) is 10.1 Å². The topological polar surface area (TPSA) is 77.1 Å². The van der Waals surface area contributed by atoms with Crippen molar-refractivity contribution in [3.05, 3.63) is 83.2 Å². The molecule has 0 saturated carbocycles. The highest BCUT2D eigenvalue weighted by Gasteiger charge is 2.30. The highest BCUT2D eigenvalue weighted by Crippen LogP contribution is 2.34. The summed E-state index contributed by atoms with van der Waals surface area (Å²) in [6, 6.07) is 16.8. The molecule has 1 unspecified atom stereocenters. The number of anilines is 1. The molecule has 0 saturated heterocycles. The maximum atomic E-state index is 13.2. The molecule has 0 fully saturated rings. The number of hydrogen-bond acceptors (Lipinski definition) is 5. The number of nitrogens with one attached hydrogen (secondary N) is 1. The van der Waals surface area contributed by atoms with E-state index in [1.165, 1.54) is 12.1 Å². The molecule has 1 N–H and O–H groups in total. The number of ether oxygens (including phenoxy) is 3. The molecular formula is C27H25FN2O5. The highest BCUT2D eigenvalue weighted by molar-refractivity contribution is 5.92. The Balaban J connectivity index is 1.34. The molecule has 2 amide bonds. The maximum absolute atomic E-state index is 13.2. The third kappa shape index (κ3) is 5.06. The van der Waals surface area contributed by atoms with Gasteiger partial charge in [0.05, 0.1) is 6.42 Å². The molecule has 0 bridgehead atoms. The van der Waals surface area contributed by atoms with Gasteiger partial charge in [0.25, 0.3) is 5.91 Å². The van der Waals surface area contributed by atoms with Crippen LogP contribution < -0.4 is 19.5 Å². The Morgan fingerprint density at radius 1 is 1.00 bits per heavy atom. The number of rotatable bonds is 6. The van der Waals surface area contributed by atoms with Gasteiger partial charge in [0.2, 0.25) is 12.7 Å². The van der Waals surface area contributed by atoms with E-state index in [4.69, 9.17) is 14.2 Å². The molecule has 3 aromatic carbocycles. The van der Waals surface area contributed by atoms with E-state index in [1.54, 1.807) is 29.2 Å². The van der Waals surface area contributed by atoms with Gasteiger partial charge in [-0.3, -0.25) is 9.59 Å². The second-order valence-corrected chi connectivity index (χ2v) is 8.57. The van der Waals surface area contributed by atoms with E-state index in [-0.39, 0.29) is 30.8 Å². The Kier molecular flexibility index (Phi) is 6.27. The fourth-order valence-corrected chi connectivity index (χ4v) is 4.23. The van der Waals surface area contributed by atoms with E-state index in [0.717, 1.165) is 11.1 Å². The monoisotopic (exact) mass is 476 g/mol. The molecule has 2 aliphatic rings. The standard InChI is InChI=1S/C27H25FN2O5/c1-2-22-27(32)30(14-18-5-9-24-25(11-18)34-16-33-24)15-19-13-21(8-10-23(19)35-22)29-26(31)12-17-3-6-20(28)7-4-17/h3-11,13,22H,2,12,14-16H2,1H3,(H,29,31). The van der Waals surface area contributed by atoms with Crippen LogP contribution >= 0.6 is 0 Å². The summed E-state index contributed by atoms with van der Waals surface area (Å²) in [5.41, 5.74) is 3.04. The molecule has 35 heavy (non-hydrogen) atoms. The molecule has 0 radical (unpaired) electrons. The first kappa shape index (κ1) is 22.7. The van der Waals surface area contributed by atoms with Crippen LogP contribution in [0.15, 0.2) is 60.7 Å². The van der Waals surface area contributed by atoms with Crippen molar-refractivity contribution in [2.45, 2.75) is 39.0 Å². The van der Waals surface area contributed by atoms with E-state index in [9.17, 15) is 14.0 Å². The third-order valence-electron chi connectivity index (χ3n) is 6.02. The number of amides is 2. The Morgan fingerprint density at radius 2 is 1.74 bits per heavy atom. The summed E-state index contributed by atoms with van der Waals surface area (Å²) in [6.45, 7) is 2.82. The third-order valence-corrected chi connectivity index (χ3v) is 6.02. The Hall–Kier alpha value is -4.07. The van der Waals surface area contributed by atoms with Crippen molar-refractivity contribution in [3.8, 4) is 17.2 Å². The maximum Gasteiger partial charge on any atom is 0.264 e. The summed E-state index contributed by atoms with van der Waals surface area (Å²) in [6.07, 6.45) is 0.0659. The number of carbonyl (C=O) groups excluding carboxylic acids is 2. The van der Waals surface area contributed by atoms with Crippen molar-refractivity contribution in [2.24, 2.45) is 0 Å². The van der Waals surface area contributed by atoms with Gasteiger partial charge < -0.3 is 24.4 Å². The molecule has 1 atom stereocenters. The van der Waals surface area contributed by atoms with Crippen LogP contribution in [0, 0.1) is 5.82 Å². The SMILES string of the molecule is CCC1Oc2ccc(NC(=O)Cc3ccc(F)cc3)cc2CN(Cc2ccc3c(c2)OCO3)C1=O. The lowest BCUT2D eigenvalue weighted by Crippen LogP contribution is -2.38. The van der Waals surface area contributed by atoms with Crippen LogP contribution in [-0.2, 0) is 29.1 Å². The molecule has 3 aromatic rings. The number of carbonyl (C=O) groups is 2. The summed E-state index contributed by atoms with van der Waals surface area (Å²) in [7, 11) is 0. The number of nitrogens with zero attached hydrogens (tertiary/aromatic N) is 1. The Bertz CT molecular complexity index is 1260. The van der Waals surface area contributed by atoms with E-state index in [1.807, 2.05) is 31.2 Å². The van der Waals surface area contributed by atoms with E-state index in [0.29, 0.717) is 48.0 Å². The van der Waals surface area contributed by atoms with Gasteiger partial charge in [0, 0.05) is 24.3 Å². The molecule has 0 aliphatic carbocycles. The molecule has 5 rings (SSSR count). The summed E-state index contributed by atoms with van der Waals surface area (Å²) in [5.74, 6) is 1.32. The number of halogens is 1. The first-order valence-corrected chi connectivity index (χ1v) is 11.5. The smallest absolute Gasteiger partial charge is 0.264 e. The average Bonchev–Trinajstić information content (AvgIpc) is 3.27. The molecule has 0 spiro atoms. The minimum absolute atomic E-state index is 0.0942. The van der Waals surface area contributed by atoms with Gasteiger partial charge in [-0.2, -0.15) is 0 Å². The van der Waals surface area contributed by atoms with Crippen LogP contribution in [-0.4, -0.2) is 29.6 Å². The van der Waals surface area contributed by atoms with Crippen molar-refractivity contribution in [1.82, 2.24) is 4.90 Å². The van der Waals surface area contributed by atoms with Crippen LogP contribution in [0.1, 0.15) is 30.0 Å². The van der Waals surface area contributed by atoms with Crippen molar-refractivity contribution >= 4 is 17.5 Å². The largest absolute Gasteiger partial charge is 0.480 e. The van der Waals surface area contributed by atoms with E-state index < -0.39 is 6.10 Å². The molecule has 7 nitrogen and oxygen atoms in total. The lowest BCUT2D eigenvalue weighted by molar-refractivity contribution is -0.139. The fourth-order valence-electron chi connectivity index (χ4n) is 4.23. The predicted molar refractivity (Wildman–Crippen MR) is 127 cm³/mol. The van der Waals surface area contributed by atoms with Crippen molar-refractivity contribution in [2.75, 3.05) is 12.1 Å². The van der Waals surface area contributed by atoms with Gasteiger partial charge in [-0.05, 0) is 60.0 Å². The van der Waals surface area contributed by atoms with Crippen LogP contribution in [0.5, 0.6) is 17.2 Å². The van der Waals surface area contributed by atoms with Gasteiger partial charge >= 0.3 is 0 Å². The van der Waals surface area contributed by atoms with E-state index in [2.05, 4.69) is 5.32 Å². The first-order valence-electron chi connectivity index (χ1n) is 11.5. The molecule has 0 aromatic heterocycles. The molecule has 2 heterocycles. The van der Waals surface area contributed by atoms with Gasteiger partial charge in [-0.1, -0.05) is 25.1 Å². The minimum Gasteiger partial charge on any atom is -0.480 e. The van der Waals surface area contributed by atoms with Gasteiger partial charge in [0.1, 0.15) is 11.6 Å². The normalized spacial score (nSPS) is 16.3. The average molecular weight is 477 g/mol. The fraction of sp³-hybridized carbons (Fsp3) is 0.259. The first-order chi connectivity index (χ1) is 17.0. The zero-order valence-electron chi connectivity index (χ0n) is 19.3. The Labute approximate surface area is 202 Å². The zero-order chi connectivity index (χ0) is 24.4. The lowest BCUT2D eigenvalue weighted by Gasteiger charge is -2.23. The van der Waals surface area contributed by atoms with Gasteiger partial charge in [-0.25, -0.2) is 4.39 Å².